The number of halogens is 1. The van der Waals surface area contributed by atoms with Crippen molar-refractivity contribution in [3.8, 4) is 0 Å². The highest BCUT2D eigenvalue weighted by atomic mass is 19.1. The van der Waals surface area contributed by atoms with Crippen molar-refractivity contribution in [2.24, 2.45) is 4.99 Å². The number of nitrogens with zero attached hydrogens (tertiary/aromatic N) is 3. The van der Waals surface area contributed by atoms with Crippen molar-refractivity contribution in [3.05, 3.63) is 53.1 Å². The fourth-order valence-electron chi connectivity index (χ4n) is 2.85. The maximum Gasteiger partial charge on any atom is 0.278 e. The molecule has 5 heteroatoms. The number of hydrogen-bond donors (Lipinski definition) is 0. The van der Waals surface area contributed by atoms with Crippen LogP contribution in [0.3, 0.4) is 0 Å². The lowest BCUT2D eigenvalue weighted by atomic mass is 10.1. The Kier molecular flexibility index (Phi) is 4.28. The largest absolute Gasteiger partial charge is 0.383 e. The summed E-state index contributed by atoms with van der Waals surface area (Å²) in [6.45, 7) is 0.698. The molecular formula is C18H20FN3O. The predicted octanol–water partition coefficient (Wildman–Crippen LogP) is 3.04. The first-order valence-electron chi connectivity index (χ1n) is 7.80. The summed E-state index contributed by atoms with van der Waals surface area (Å²) in [6.07, 6.45) is 6.70. The van der Waals surface area contributed by atoms with Crippen molar-refractivity contribution >= 4 is 17.8 Å². The second kappa shape index (κ2) is 6.36. The predicted molar refractivity (Wildman–Crippen MR) is 89.1 cm³/mol. The first kappa shape index (κ1) is 15.5. The Labute approximate surface area is 135 Å². The molecule has 0 bridgehead atoms. The minimum absolute atomic E-state index is 0.0733. The number of benzene rings is 1. The van der Waals surface area contributed by atoms with E-state index >= 15 is 0 Å². The van der Waals surface area contributed by atoms with Gasteiger partial charge in [-0.15, -0.1) is 0 Å². The molecule has 1 aromatic rings. The first-order chi connectivity index (χ1) is 11.0. The average molecular weight is 313 g/mol. The van der Waals surface area contributed by atoms with Crippen LogP contribution in [0.2, 0.25) is 0 Å². The molecule has 2 heterocycles. The van der Waals surface area contributed by atoms with Crippen molar-refractivity contribution in [2.45, 2.75) is 19.3 Å². The van der Waals surface area contributed by atoms with E-state index in [4.69, 9.17) is 0 Å². The van der Waals surface area contributed by atoms with Crippen LogP contribution in [0.25, 0.3) is 6.08 Å². The van der Waals surface area contributed by atoms with Gasteiger partial charge in [-0.25, -0.2) is 9.38 Å². The smallest absolute Gasteiger partial charge is 0.278 e. The Bertz CT molecular complexity index is 701. The molecule has 0 aliphatic carbocycles. The number of amides is 1. The van der Waals surface area contributed by atoms with Crippen molar-refractivity contribution in [1.29, 1.82) is 0 Å². The van der Waals surface area contributed by atoms with Crippen molar-refractivity contribution < 1.29 is 9.18 Å². The topological polar surface area (TPSA) is 35.9 Å². The monoisotopic (exact) mass is 313 g/mol. The average Bonchev–Trinajstić information content (AvgIpc) is 2.68. The van der Waals surface area contributed by atoms with Gasteiger partial charge < -0.3 is 4.90 Å². The summed E-state index contributed by atoms with van der Waals surface area (Å²) >= 11 is 0. The molecule has 4 nitrogen and oxygen atoms in total. The Hall–Kier alpha value is -2.43. The quantitative estimate of drug-likeness (QED) is 0.787. The lowest BCUT2D eigenvalue weighted by Crippen LogP contribution is -2.32. The van der Waals surface area contributed by atoms with Gasteiger partial charge in [0.25, 0.3) is 5.91 Å². The third-order valence-corrected chi connectivity index (χ3v) is 3.90. The minimum Gasteiger partial charge on any atom is -0.383 e. The summed E-state index contributed by atoms with van der Waals surface area (Å²) in [5.74, 6) is 0.395. The van der Waals surface area contributed by atoms with Gasteiger partial charge >= 0.3 is 0 Å². The molecule has 1 aromatic carbocycles. The highest BCUT2D eigenvalue weighted by molar-refractivity contribution is 6.19. The van der Waals surface area contributed by atoms with E-state index in [0.717, 1.165) is 36.2 Å². The second-order valence-corrected chi connectivity index (χ2v) is 6.05. The fraction of sp³-hybridized carbons (Fsp3) is 0.333. The third kappa shape index (κ3) is 3.33. The molecule has 0 atom stereocenters. The number of rotatable bonds is 2. The van der Waals surface area contributed by atoms with Gasteiger partial charge in [0, 0.05) is 32.4 Å². The van der Waals surface area contributed by atoms with Crippen molar-refractivity contribution in [1.82, 2.24) is 9.80 Å². The molecule has 1 fully saturated rings. The molecule has 0 spiro atoms. The zero-order chi connectivity index (χ0) is 16.4. The van der Waals surface area contributed by atoms with Gasteiger partial charge in [0.1, 0.15) is 17.3 Å². The zero-order valence-electron chi connectivity index (χ0n) is 13.4. The summed E-state index contributed by atoms with van der Waals surface area (Å²) in [5.41, 5.74) is 2.27. The van der Waals surface area contributed by atoms with Gasteiger partial charge in [0.15, 0.2) is 0 Å². The van der Waals surface area contributed by atoms with E-state index < -0.39 is 0 Å². The molecule has 0 N–H and O–H groups in total. The van der Waals surface area contributed by atoms with Crippen molar-refractivity contribution in [3.63, 3.8) is 0 Å². The number of fused-ring (bicyclic) bond motifs is 1. The molecule has 120 valence electrons. The molecule has 2 aliphatic rings. The van der Waals surface area contributed by atoms with Crippen LogP contribution in [-0.4, -0.2) is 42.2 Å². The maximum atomic E-state index is 13.0. The van der Waals surface area contributed by atoms with E-state index in [1.54, 1.807) is 23.1 Å². The fourth-order valence-corrected chi connectivity index (χ4v) is 2.85. The van der Waals surface area contributed by atoms with Crippen LogP contribution in [0.5, 0.6) is 0 Å². The summed E-state index contributed by atoms with van der Waals surface area (Å²) in [6, 6.07) is 6.06. The third-order valence-electron chi connectivity index (χ3n) is 3.90. The molecule has 2 aliphatic heterocycles. The minimum atomic E-state index is -0.290. The van der Waals surface area contributed by atoms with Crippen LogP contribution in [0, 0.1) is 5.82 Å². The number of carbonyl (C=O) groups excluding carboxylic acids is 1. The van der Waals surface area contributed by atoms with Gasteiger partial charge in [-0.2, -0.15) is 0 Å². The van der Waals surface area contributed by atoms with Crippen LogP contribution in [-0.2, 0) is 4.79 Å². The number of carbonyl (C=O) groups is 1. The molecule has 3 rings (SSSR count). The summed E-state index contributed by atoms with van der Waals surface area (Å²) in [4.78, 5) is 20.9. The molecular weight excluding hydrogens is 293 g/mol. The van der Waals surface area contributed by atoms with Gasteiger partial charge in [0.2, 0.25) is 0 Å². The molecule has 0 unspecified atom stereocenters. The summed E-state index contributed by atoms with van der Waals surface area (Å²) < 4.78 is 13.0. The molecule has 1 amide bonds. The zero-order valence-corrected chi connectivity index (χ0v) is 13.4. The van der Waals surface area contributed by atoms with Crippen LogP contribution >= 0.6 is 0 Å². The summed E-state index contributed by atoms with van der Waals surface area (Å²) in [5, 5.41) is 0. The molecule has 0 saturated carbocycles. The highest BCUT2D eigenvalue weighted by Crippen LogP contribution is 2.27. The van der Waals surface area contributed by atoms with Crippen LogP contribution in [0.15, 0.2) is 46.7 Å². The van der Waals surface area contributed by atoms with E-state index in [1.807, 2.05) is 25.2 Å². The number of aliphatic imine (C=N–C) groups is 1. The van der Waals surface area contributed by atoms with E-state index in [2.05, 4.69) is 4.99 Å². The number of amidine groups is 1. The standard InChI is InChI=1S/C18H20FN3O/c1-21(2)12-14-5-3-4-10-22-17(14)20-16(18(22)23)11-13-6-8-15(19)9-7-13/h6-9,11-12H,3-5,10H2,1-2H3/b14-12+,16-11-. The van der Waals surface area contributed by atoms with Crippen LogP contribution in [0.1, 0.15) is 24.8 Å². The Morgan fingerprint density at radius 1 is 1.22 bits per heavy atom. The maximum absolute atomic E-state index is 13.0. The second-order valence-electron chi connectivity index (χ2n) is 6.05. The van der Waals surface area contributed by atoms with Crippen LogP contribution in [0.4, 0.5) is 4.39 Å². The van der Waals surface area contributed by atoms with E-state index in [1.165, 1.54) is 12.1 Å². The van der Waals surface area contributed by atoms with E-state index in [9.17, 15) is 9.18 Å². The number of hydrogen-bond acceptors (Lipinski definition) is 3. The van der Waals surface area contributed by atoms with Gasteiger partial charge in [0.05, 0.1) is 0 Å². The highest BCUT2D eigenvalue weighted by Gasteiger charge is 2.33. The first-order valence-corrected chi connectivity index (χ1v) is 7.80. The van der Waals surface area contributed by atoms with Crippen LogP contribution < -0.4 is 0 Å². The molecule has 0 radical (unpaired) electrons. The SMILES string of the molecule is CN(C)/C=C1\CCCCN2C(=O)/C(=C/c3ccc(F)cc3)N=C12. The lowest BCUT2D eigenvalue weighted by Gasteiger charge is -2.17. The van der Waals surface area contributed by atoms with E-state index in [0.29, 0.717) is 12.2 Å². The van der Waals surface area contributed by atoms with Gasteiger partial charge in [-0.1, -0.05) is 12.1 Å². The molecule has 1 saturated heterocycles. The lowest BCUT2D eigenvalue weighted by molar-refractivity contribution is -0.122. The Balaban J connectivity index is 1.98. The molecule has 0 aromatic heterocycles. The van der Waals surface area contributed by atoms with Gasteiger partial charge in [-0.3, -0.25) is 9.69 Å². The van der Waals surface area contributed by atoms with Gasteiger partial charge in [-0.05, 0) is 43.0 Å². The summed E-state index contributed by atoms with van der Waals surface area (Å²) in [7, 11) is 3.93. The van der Waals surface area contributed by atoms with E-state index in [-0.39, 0.29) is 11.7 Å². The van der Waals surface area contributed by atoms with Crippen molar-refractivity contribution in [2.75, 3.05) is 20.6 Å². The molecule has 23 heavy (non-hydrogen) atoms. The Morgan fingerprint density at radius 3 is 2.65 bits per heavy atom. The Morgan fingerprint density at radius 2 is 1.96 bits per heavy atom. The normalized spacial score (nSPS) is 21.4.